The molecular formula is C22H27N3O5. The third-order valence-electron chi connectivity index (χ3n) is 5.75. The molecule has 30 heavy (non-hydrogen) atoms. The maximum atomic E-state index is 13.3. The van der Waals surface area contributed by atoms with Crippen LogP contribution < -0.4 is 0 Å². The van der Waals surface area contributed by atoms with Gasteiger partial charge in [-0.2, -0.15) is 0 Å². The van der Waals surface area contributed by atoms with Gasteiger partial charge in [0.1, 0.15) is 6.04 Å². The van der Waals surface area contributed by atoms with Gasteiger partial charge in [-0.1, -0.05) is 38.1 Å². The number of nitrogens with zero attached hydrogens (tertiary/aromatic N) is 3. The number of likely N-dealkylation sites (N-methyl/N-ethyl adjacent to an activating group) is 1. The van der Waals surface area contributed by atoms with E-state index in [-0.39, 0.29) is 47.7 Å². The molecule has 1 aromatic rings. The molecule has 8 nitrogen and oxygen atoms in total. The molecule has 0 spiro atoms. The molecule has 0 N–H and O–H groups in total. The second-order valence-electron chi connectivity index (χ2n) is 8.47. The Bertz CT molecular complexity index is 869. The Morgan fingerprint density at radius 3 is 2.33 bits per heavy atom. The highest BCUT2D eigenvalue weighted by molar-refractivity contribution is 6.08. The van der Waals surface area contributed by atoms with Crippen LogP contribution in [0.3, 0.4) is 0 Å². The topological polar surface area (TPSA) is 101 Å². The van der Waals surface area contributed by atoms with E-state index in [0.717, 1.165) is 0 Å². The summed E-state index contributed by atoms with van der Waals surface area (Å²) in [6, 6.07) is 5.24. The average Bonchev–Trinajstić information content (AvgIpc) is 2.96. The number of likely N-dealkylation sites (tertiary alicyclic amines) is 1. The Hall–Kier alpha value is -3.03. The molecule has 1 aliphatic carbocycles. The zero-order valence-electron chi connectivity index (χ0n) is 17.5. The molecular weight excluding hydrogens is 386 g/mol. The number of carbonyl (C=O) groups excluding carboxylic acids is 3. The maximum Gasteiger partial charge on any atom is 0.269 e. The lowest BCUT2D eigenvalue weighted by Crippen LogP contribution is -2.50. The van der Waals surface area contributed by atoms with Crippen molar-refractivity contribution in [3.8, 4) is 0 Å². The van der Waals surface area contributed by atoms with Gasteiger partial charge >= 0.3 is 0 Å². The number of imide groups is 1. The lowest BCUT2D eigenvalue weighted by Gasteiger charge is -2.31. The van der Waals surface area contributed by atoms with Crippen LogP contribution in [0.4, 0.5) is 5.69 Å². The van der Waals surface area contributed by atoms with Crippen molar-refractivity contribution in [1.82, 2.24) is 9.80 Å². The first-order valence-electron chi connectivity index (χ1n) is 10.2. The molecule has 0 bridgehead atoms. The molecule has 3 unspecified atom stereocenters. The minimum absolute atomic E-state index is 0.0476. The maximum absolute atomic E-state index is 13.3. The van der Waals surface area contributed by atoms with Crippen molar-refractivity contribution < 1.29 is 19.3 Å². The van der Waals surface area contributed by atoms with E-state index in [1.54, 1.807) is 19.2 Å². The Balaban J connectivity index is 1.82. The predicted molar refractivity (Wildman–Crippen MR) is 110 cm³/mol. The van der Waals surface area contributed by atoms with E-state index in [9.17, 15) is 24.5 Å². The van der Waals surface area contributed by atoms with Crippen LogP contribution in [-0.4, -0.2) is 45.5 Å². The summed E-state index contributed by atoms with van der Waals surface area (Å²) in [5, 5.41) is 11.0. The molecule has 0 saturated carbocycles. The number of hydrogen-bond donors (Lipinski definition) is 0. The fraction of sp³-hybridized carbons (Fsp3) is 0.500. The first-order chi connectivity index (χ1) is 14.2. The molecule has 1 heterocycles. The summed E-state index contributed by atoms with van der Waals surface area (Å²) < 4.78 is 0. The van der Waals surface area contributed by atoms with Crippen LogP contribution in [0.15, 0.2) is 36.4 Å². The molecule has 1 aromatic carbocycles. The van der Waals surface area contributed by atoms with E-state index in [1.807, 2.05) is 26.0 Å². The largest absolute Gasteiger partial charge is 0.340 e. The van der Waals surface area contributed by atoms with Crippen molar-refractivity contribution >= 4 is 23.4 Å². The van der Waals surface area contributed by atoms with Crippen molar-refractivity contribution in [2.24, 2.45) is 17.8 Å². The number of allylic oxidation sites excluding steroid dienone is 2. The molecule has 3 atom stereocenters. The number of amides is 3. The summed E-state index contributed by atoms with van der Waals surface area (Å²) in [4.78, 5) is 52.5. The fourth-order valence-corrected chi connectivity index (χ4v) is 4.27. The van der Waals surface area contributed by atoms with E-state index in [0.29, 0.717) is 24.8 Å². The zero-order chi connectivity index (χ0) is 22.0. The molecule has 3 amide bonds. The number of nitro benzene ring substituents is 1. The summed E-state index contributed by atoms with van der Waals surface area (Å²) in [5.41, 5.74) is 0.564. The lowest BCUT2D eigenvalue weighted by atomic mass is 9.85. The molecule has 0 aromatic heterocycles. The normalized spacial score (nSPS) is 21.7. The van der Waals surface area contributed by atoms with E-state index in [4.69, 9.17) is 0 Å². The standard InChI is InChI=1S/C22H27N3O5/c1-14(2)11-19(24-20(26)17-9-4-5-10-18(17)21(24)27)22(28)23(3)13-15-7-6-8-16(12-15)25(29)30/h4-8,12,14,17-19H,9-11,13H2,1-3H3. The van der Waals surface area contributed by atoms with Gasteiger partial charge in [-0.15, -0.1) is 0 Å². The quantitative estimate of drug-likeness (QED) is 0.296. The Labute approximate surface area is 175 Å². The summed E-state index contributed by atoms with van der Waals surface area (Å²) in [6.45, 7) is 4.04. The Kier molecular flexibility index (Phi) is 6.34. The number of non-ortho nitro benzene ring substituents is 1. The van der Waals surface area contributed by atoms with Crippen LogP contribution in [0.2, 0.25) is 0 Å². The van der Waals surface area contributed by atoms with Gasteiger partial charge in [0.2, 0.25) is 17.7 Å². The van der Waals surface area contributed by atoms with Crippen LogP contribution in [0.25, 0.3) is 0 Å². The molecule has 8 heteroatoms. The smallest absolute Gasteiger partial charge is 0.269 e. The Morgan fingerprint density at radius 1 is 1.20 bits per heavy atom. The molecule has 1 aliphatic heterocycles. The minimum atomic E-state index is -0.862. The highest BCUT2D eigenvalue weighted by Gasteiger charge is 2.51. The third kappa shape index (κ3) is 4.27. The number of fused-ring (bicyclic) bond motifs is 1. The number of rotatable bonds is 7. The SMILES string of the molecule is CC(C)CC(C(=O)N(C)Cc1cccc([N+](=O)[O-])c1)N1C(=O)C2CC=CCC2C1=O. The summed E-state index contributed by atoms with van der Waals surface area (Å²) in [6.07, 6.45) is 5.27. The van der Waals surface area contributed by atoms with Crippen LogP contribution >= 0.6 is 0 Å². The predicted octanol–water partition coefficient (Wildman–Crippen LogP) is 2.92. The van der Waals surface area contributed by atoms with Gasteiger partial charge < -0.3 is 4.90 Å². The van der Waals surface area contributed by atoms with Crippen molar-refractivity contribution in [2.75, 3.05) is 7.05 Å². The van der Waals surface area contributed by atoms with E-state index in [2.05, 4.69) is 0 Å². The second kappa shape index (κ2) is 8.77. The summed E-state index contributed by atoms with van der Waals surface area (Å²) in [5.74, 6) is -1.52. The van der Waals surface area contributed by atoms with Gasteiger partial charge in [-0.05, 0) is 30.7 Å². The van der Waals surface area contributed by atoms with Crippen molar-refractivity contribution in [2.45, 2.75) is 45.7 Å². The Morgan fingerprint density at radius 2 is 1.80 bits per heavy atom. The van der Waals surface area contributed by atoms with Crippen LogP contribution in [0, 0.1) is 27.9 Å². The summed E-state index contributed by atoms with van der Waals surface area (Å²) >= 11 is 0. The van der Waals surface area contributed by atoms with Crippen LogP contribution in [0.1, 0.15) is 38.7 Å². The number of carbonyl (C=O) groups is 3. The zero-order valence-corrected chi connectivity index (χ0v) is 17.5. The second-order valence-corrected chi connectivity index (χ2v) is 8.47. The lowest BCUT2D eigenvalue weighted by molar-refractivity contribution is -0.384. The van der Waals surface area contributed by atoms with Crippen molar-refractivity contribution in [1.29, 1.82) is 0 Å². The molecule has 1 fully saturated rings. The van der Waals surface area contributed by atoms with Crippen LogP contribution in [0.5, 0.6) is 0 Å². The number of benzene rings is 1. The van der Waals surface area contributed by atoms with Gasteiger partial charge in [0, 0.05) is 25.7 Å². The molecule has 160 valence electrons. The monoisotopic (exact) mass is 413 g/mol. The summed E-state index contributed by atoms with van der Waals surface area (Å²) in [7, 11) is 1.59. The van der Waals surface area contributed by atoms with Gasteiger partial charge in [0.25, 0.3) is 5.69 Å². The van der Waals surface area contributed by atoms with Crippen LogP contribution in [-0.2, 0) is 20.9 Å². The van der Waals surface area contributed by atoms with E-state index in [1.165, 1.54) is 21.9 Å². The third-order valence-corrected chi connectivity index (χ3v) is 5.75. The molecule has 3 rings (SSSR count). The van der Waals surface area contributed by atoms with Gasteiger partial charge in [-0.3, -0.25) is 29.4 Å². The fourth-order valence-electron chi connectivity index (χ4n) is 4.27. The minimum Gasteiger partial charge on any atom is -0.340 e. The molecule has 0 radical (unpaired) electrons. The molecule has 2 aliphatic rings. The first-order valence-corrected chi connectivity index (χ1v) is 10.2. The van der Waals surface area contributed by atoms with E-state index < -0.39 is 11.0 Å². The van der Waals surface area contributed by atoms with Gasteiger partial charge in [0.05, 0.1) is 16.8 Å². The number of hydrogen-bond acceptors (Lipinski definition) is 5. The van der Waals surface area contributed by atoms with Gasteiger partial charge in [0.15, 0.2) is 0 Å². The highest BCUT2D eigenvalue weighted by Crippen LogP contribution is 2.37. The highest BCUT2D eigenvalue weighted by atomic mass is 16.6. The first kappa shape index (κ1) is 21.7. The van der Waals surface area contributed by atoms with Crippen molar-refractivity contribution in [3.63, 3.8) is 0 Å². The van der Waals surface area contributed by atoms with Gasteiger partial charge in [-0.25, -0.2) is 0 Å². The van der Waals surface area contributed by atoms with Crippen molar-refractivity contribution in [3.05, 3.63) is 52.1 Å². The number of nitro groups is 1. The molecule has 1 saturated heterocycles. The average molecular weight is 413 g/mol. The van der Waals surface area contributed by atoms with E-state index >= 15 is 0 Å².